The van der Waals surface area contributed by atoms with Gasteiger partial charge in [0, 0.05) is 17.1 Å². The van der Waals surface area contributed by atoms with Crippen molar-refractivity contribution in [1.29, 1.82) is 0 Å². The molecule has 2 aliphatic carbocycles. The van der Waals surface area contributed by atoms with Gasteiger partial charge in [0.2, 0.25) is 0 Å². The van der Waals surface area contributed by atoms with Crippen LogP contribution in [0.1, 0.15) is 43.7 Å². The van der Waals surface area contributed by atoms with E-state index in [-0.39, 0.29) is 29.0 Å². The number of halogens is 1. The first kappa shape index (κ1) is 25.7. The summed E-state index contributed by atoms with van der Waals surface area (Å²) in [5.41, 5.74) is 1.16. The van der Waals surface area contributed by atoms with Gasteiger partial charge in [-0.05, 0) is 85.6 Å². The quantitative estimate of drug-likeness (QED) is 0.232. The number of hydrogen-bond acceptors (Lipinski definition) is 6. The molecule has 1 saturated heterocycles. The fourth-order valence-corrected chi connectivity index (χ4v) is 5.64. The Hall–Kier alpha value is -3.91. The second kappa shape index (κ2) is 10.8. The number of ether oxygens (including phenoxy) is 2. The highest BCUT2D eigenvalue weighted by atomic mass is 35.5. The Morgan fingerprint density at radius 3 is 2.50 bits per heavy atom. The summed E-state index contributed by atoms with van der Waals surface area (Å²) in [7, 11) is 0. The Bertz CT molecular complexity index is 1350. The highest BCUT2D eigenvalue weighted by Crippen LogP contribution is 2.47. The normalized spacial score (nSPS) is 23.8. The lowest BCUT2D eigenvalue weighted by Gasteiger charge is -2.35. The molecule has 8 nitrogen and oxygen atoms in total. The minimum absolute atomic E-state index is 0.120. The van der Waals surface area contributed by atoms with Crippen LogP contribution in [0.3, 0.4) is 0 Å². The van der Waals surface area contributed by atoms with Crippen LogP contribution in [0.4, 0.5) is 4.79 Å². The number of amides is 4. The number of rotatable bonds is 7. The van der Waals surface area contributed by atoms with Crippen LogP contribution >= 0.6 is 11.6 Å². The van der Waals surface area contributed by atoms with Crippen LogP contribution in [0.2, 0.25) is 5.02 Å². The first-order valence-electron chi connectivity index (χ1n) is 12.6. The van der Waals surface area contributed by atoms with Crippen LogP contribution in [-0.4, -0.2) is 41.4 Å². The van der Waals surface area contributed by atoms with E-state index in [9.17, 15) is 19.2 Å². The van der Waals surface area contributed by atoms with Gasteiger partial charge in [-0.15, -0.1) is 0 Å². The molecule has 3 fully saturated rings. The number of esters is 1. The van der Waals surface area contributed by atoms with Crippen molar-refractivity contribution in [2.24, 2.45) is 11.8 Å². The summed E-state index contributed by atoms with van der Waals surface area (Å²) >= 11 is 5.88. The van der Waals surface area contributed by atoms with E-state index in [1.54, 1.807) is 49.4 Å². The third kappa shape index (κ3) is 5.36. The Labute approximate surface area is 225 Å². The lowest BCUT2D eigenvalue weighted by atomic mass is 9.93. The van der Waals surface area contributed by atoms with Gasteiger partial charge >= 0.3 is 12.0 Å². The number of barbiturate groups is 1. The van der Waals surface area contributed by atoms with Gasteiger partial charge in [-0.25, -0.2) is 9.59 Å². The highest BCUT2D eigenvalue weighted by molar-refractivity contribution is 6.31. The summed E-state index contributed by atoms with van der Waals surface area (Å²) in [6, 6.07) is 10.9. The van der Waals surface area contributed by atoms with Crippen LogP contribution in [0.15, 0.2) is 54.1 Å². The Morgan fingerprint density at radius 1 is 1.05 bits per heavy atom. The zero-order valence-electron chi connectivity index (χ0n) is 20.8. The van der Waals surface area contributed by atoms with E-state index in [2.05, 4.69) is 5.32 Å². The van der Waals surface area contributed by atoms with Crippen molar-refractivity contribution in [1.82, 2.24) is 10.2 Å². The minimum Gasteiger partial charge on any atom is -0.490 e. The standard InChI is InChI=1S/C29H27ClN2O6/c1-2-37-25-16-19(6-11-24(25)38-26(33)12-7-17-4-9-21(30)10-5-17)14-22-27(34)31-29(36)32(28(22)35)23-15-18-3-8-20(23)13-18/h4-7,9-12,14,16,18,20,23H,2-3,8,13,15H2,1H3,(H,31,34,36)/b12-7+,22-14+/t18-,20-,23+/m0/s1. The smallest absolute Gasteiger partial charge is 0.336 e. The maximum atomic E-state index is 13.3. The second-order valence-corrected chi connectivity index (χ2v) is 10.1. The molecular formula is C29H27ClN2O6. The number of imide groups is 2. The predicted octanol–water partition coefficient (Wildman–Crippen LogP) is 5.01. The fourth-order valence-electron chi connectivity index (χ4n) is 5.51. The van der Waals surface area contributed by atoms with E-state index in [1.807, 2.05) is 0 Å². The Balaban J connectivity index is 1.35. The van der Waals surface area contributed by atoms with Gasteiger partial charge in [-0.1, -0.05) is 36.2 Å². The van der Waals surface area contributed by atoms with Crippen LogP contribution in [-0.2, 0) is 14.4 Å². The number of benzene rings is 2. The number of nitrogens with one attached hydrogen (secondary N) is 1. The van der Waals surface area contributed by atoms with Crippen LogP contribution in [0.25, 0.3) is 12.2 Å². The molecule has 3 aliphatic rings. The molecule has 4 amide bonds. The molecule has 38 heavy (non-hydrogen) atoms. The molecule has 1 heterocycles. The van der Waals surface area contributed by atoms with Gasteiger partial charge in [-0.3, -0.25) is 19.8 Å². The molecule has 196 valence electrons. The number of urea groups is 1. The van der Waals surface area contributed by atoms with Gasteiger partial charge in [-0.2, -0.15) is 0 Å². The molecule has 1 N–H and O–H groups in total. The van der Waals surface area contributed by atoms with Crippen LogP contribution in [0, 0.1) is 11.8 Å². The molecular weight excluding hydrogens is 508 g/mol. The Morgan fingerprint density at radius 2 is 1.82 bits per heavy atom. The molecule has 9 heteroatoms. The summed E-state index contributed by atoms with van der Waals surface area (Å²) < 4.78 is 11.1. The van der Waals surface area contributed by atoms with Crippen molar-refractivity contribution in [2.75, 3.05) is 6.61 Å². The first-order valence-corrected chi connectivity index (χ1v) is 13.0. The molecule has 5 rings (SSSR count). The molecule has 0 spiro atoms. The molecule has 0 unspecified atom stereocenters. The highest BCUT2D eigenvalue weighted by Gasteiger charge is 2.49. The van der Waals surface area contributed by atoms with Crippen molar-refractivity contribution in [3.63, 3.8) is 0 Å². The van der Waals surface area contributed by atoms with Crippen molar-refractivity contribution in [3.05, 3.63) is 70.3 Å². The Kier molecular flexibility index (Phi) is 7.33. The van der Waals surface area contributed by atoms with Crippen molar-refractivity contribution in [2.45, 2.75) is 38.6 Å². The second-order valence-electron chi connectivity index (χ2n) is 9.68. The van der Waals surface area contributed by atoms with Crippen LogP contribution in [0.5, 0.6) is 11.5 Å². The number of nitrogens with zero attached hydrogens (tertiary/aromatic N) is 1. The molecule has 2 aromatic rings. The average Bonchev–Trinajstić information content (AvgIpc) is 3.52. The number of carbonyl (C=O) groups is 4. The summed E-state index contributed by atoms with van der Waals surface area (Å²) in [6.45, 7) is 2.09. The lowest BCUT2D eigenvalue weighted by Crippen LogP contribution is -2.58. The largest absolute Gasteiger partial charge is 0.490 e. The van der Waals surface area contributed by atoms with Gasteiger partial charge in [0.25, 0.3) is 11.8 Å². The van der Waals surface area contributed by atoms with Gasteiger partial charge in [0.1, 0.15) is 5.57 Å². The molecule has 3 atom stereocenters. The molecule has 1 aliphatic heterocycles. The van der Waals surface area contributed by atoms with E-state index in [1.165, 1.54) is 23.1 Å². The summed E-state index contributed by atoms with van der Waals surface area (Å²) in [5, 5.41) is 2.91. The summed E-state index contributed by atoms with van der Waals surface area (Å²) in [4.78, 5) is 52.1. The van der Waals surface area contributed by atoms with E-state index in [0.29, 0.717) is 23.1 Å². The average molecular weight is 535 g/mol. The van der Waals surface area contributed by atoms with Gasteiger partial charge in [0.05, 0.1) is 6.61 Å². The maximum Gasteiger partial charge on any atom is 0.336 e. The van der Waals surface area contributed by atoms with Crippen molar-refractivity contribution < 1.29 is 28.7 Å². The monoisotopic (exact) mass is 534 g/mol. The van der Waals surface area contributed by atoms with E-state index in [0.717, 1.165) is 31.2 Å². The number of carbonyl (C=O) groups excluding carboxylic acids is 4. The van der Waals surface area contributed by atoms with Crippen LogP contribution < -0.4 is 14.8 Å². The molecule has 0 radical (unpaired) electrons. The lowest BCUT2D eigenvalue weighted by molar-refractivity contribution is -0.132. The molecule has 2 bridgehead atoms. The molecule has 0 aromatic heterocycles. The van der Waals surface area contributed by atoms with Crippen molar-refractivity contribution in [3.8, 4) is 11.5 Å². The molecule has 2 aromatic carbocycles. The summed E-state index contributed by atoms with van der Waals surface area (Å²) in [6.07, 6.45) is 8.24. The van der Waals surface area contributed by atoms with Gasteiger partial charge in [0.15, 0.2) is 11.5 Å². The van der Waals surface area contributed by atoms with Gasteiger partial charge < -0.3 is 9.47 Å². The van der Waals surface area contributed by atoms with E-state index < -0.39 is 23.8 Å². The fraction of sp³-hybridized carbons (Fsp3) is 0.310. The number of fused-ring (bicyclic) bond motifs is 2. The van der Waals surface area contributed by atoms with E-state index in [4.69, 9.17) is 21.1 Å². The third-order valence-electron chi connectivity index (χ3n) is 7.24. The topological polar surface area (TPSA) is 102 Å². The summed E-state index contributed by atoms with van der Waals surface area (Å²) in [5.74, 6) is -0.638. The predicted molar refractivity (Wildman–Crippen MR) is 141 cm³/mol. The van der Waals surface area contributed by atoms with Crippen molar-refractivity contribution >= 4 is 47.6 Å². The molecule has 2 saturated carbocycles. The maximum absolute atomic E-state index is 13.3. The zero-order valence-corrected chi connectivity index (χ0v) is 21.6. The minimum atomic E-state index is -0.736. The zero-order chi connectivity index (χ0) is 26.8. The third-order valence-corrected chi connectivity index (χ3v) is 7.49. The SMILES string of the molecule is CCOc1cc(/C=C2\C(=O)NC(=O)N([C@@H]3C[C@H]4CC[C@H]3C4)C2=O)ccc1OC(=O)/C=C/c1ccc(Cl)cc1. The van der Waals surface area contributed by atoms with E-state index >= 15 is 0 Å². The number of hydrogen-bond donors (Lipinski definition) is 1. The first-order chi connectivity index (χ1) is 18.3.